The van der Waals surface area contributed by atoms with Crippen LogP contribution in [0, 0.1) is 5.92 Å². The standard InChI is InChI=1S/C11H22N2OS/c1-8(11(14)13-12)9(2)15-10-6-4-3-5-7-10/h8-10H,3-7,12H2,1-2H3,(H,13,14). The third-order valence-electron chi connectivity index (χ3n) is 3.22. The van der Waals surface area contributed by atoms with Gasteiger partial charge in [-0.15, -0.1) is 0 Å². The molecule has 3 nitrogen and oxygen atoms in total. The normalized spacial score (nSPS) is 22.1. The number of nitrogens with two attached hydrogens (primary N) is 1. The fourth-order valence-corrected chi connectivity index (χ4v) is 3.54. The van der Waals surface area contributed by atoms with Crippen LogP contribution in [0.1, 0.15) is 46.0 Å². The highest BCUT2D eigenvalue weighted by Crippen LogP contribution is 2.33. The second-order valence-corrected chi connectivity index (χ2v) is 6.08. The Kier molecular flexibility index (Phi) is 5.47. The van der Waals surface area contributed by atoms with Crippen LogP contribution in [0.4, 0.5) is 0 Å². The molecule has 1 rings (SSSR count). The van der Waals surface area contributed by atoms with Crippen molar-refractivity contribution in [3.63, 3.8) is 0 Å². The van der Waals surface area contributed by atoms with Crippen LogP contribution in [0.3, 0.4) is 0 Å². The van der Waals surface area contributed by atoms with Crippen molar-refractivity contribution >= 4 is 17.7 Å². The summed E-state index contributed by atoms with van der Waals surface area (Å²) >= 11 is 1.96. The van der Waals surface area contributed by atoms with E-state index in [-0.39, 0.29) is 11.8 Å². The van der Waals surface area contributed by atoms with Crippen LogP contribution in [0.25, 0.3) is 0 Å². The van der Waals surface area contributed by atoms with Crippen molar-refractivity contribution in [1.29, 1.82) is 0 Å². The molecule has 2 atom stereocenters. The summed E-state index contributed by atoms with van der Waals surface area (Å²) in [6.45, 7) is 4.07. The summed E-state index contributed by atoms with van der Waals surface area (Å²) in [6, 6.07) is 0. The average Bonchev–Trinajstić information content (AvgIpc) is 2.28. The highest BCUT2D eigenvalue weighted by molar-refractivity contribution is 8.00. The van der Waals surface area contributed by atoms with Gasteiger partial charge in [0.1, 0.15) is 0 Å². The molecule has 0 heterocycles. The lowest BCUT2D eigenvalue weighted by molar-refractivity contribution is -0.124. The van der Waals surface area contributed by atoms with Crippen LogP contribution >= 0.6 is 11.8 Å². The molecule has 1 saturated carbocycles. The minimum Gasteiger partial charge on any atom is -0.294 e. The van der Waals surface area contributed by atoms with E-state index in [1.807, 2.05) is 18.7 Å². The number of amides is 1. The Hall–Kier alpha value is -0.220. The Morgan fingerprint density at radius 3 is 2.47 bits per heavy atom. The SMILES string of the molecule is CC(SC1CCCCC1)C(C)C(=O)NN. The van der Waals surface area contributed by atoms with Gasteiger partial charge in [0.2, 0.25) is 5.91 Å². The third-order valence-corrected chi connectivity index (χ3v) is 4.91. The highest BCUT2D eigenvalue weighted by atomic mass is 32.2. The van der Waals surface area contributed by atoms with Gasteiger partial charge in [-0.05, 0) is 12.8 Å². The number of hydrogen-bond donors (Lipinski definition) is 2. The summed E-state index contributed by atoms with van der Waals surface area (Å²) in [5.74, 6) is 5.09. The van der Waals surface area contributed by atoms with Gasteiger partial charge in [-0.1, -0.05) is 33.1 Å². The van der Waals surface area contributed by atoms with Crippen molar-refractivity contribution in [2.75, 3.05) is 0 Å². The zero-order valence-electron chi connectivity index (χ0n) is 9.66. The van der Waals surface area contributed by atoms with E-state index in [0.29, 0.717) is 5.25 Å². The molecule has 2 unspecified atom stereocenters. The van der Waals surface area contributed by atoms with Crippen molar-refractivity contribution in [2.24, 2.45) is 11.8 Å². The van der Waals surface area contributed by atoms with E-state index in [4.69, 9.17) is 5.84 Å². The summed E-state index contributed by atoms with van der Waals surface area (Å²) in [6.07, 6.45) is 6.70. The zero-order chi connectivity index (χ0) is 11.3. The molecule has 1 aliphatic rings. The van der Waals surface area contributed by atoms with Gasteiger partial charge in [0, 0.05) is 16.4 Å². The molecule has 4 heteroatoms. The molecule has 1 fully saturated rings. The van der Waals surface area contributed by atoms with Gasteiger partial charge in [-0.3, -0.25) is 10.2 Å². The molecular weight excluding hydrogens is 208 g/mol. The quantitative estimate of drug-likeness (QED) is 0.441. The van der Waals surface area contributed by atoms with E-state index < -0.39 is 0 Å². The van der Waals surface area contributed by atoms with Gasteiger partial charge >= 0.3 is 0 Å². The lowest BCUT2D eigenvalue weighted by Crippen LogP contribution is -2.38. The molecule has 0 aliphatic heterocycles. The minimum absolute atomic E-state index is 0.00178. The predicted octanol–water partition coefficient (Wildman–Crippen LogP) is 2.07. The fourth-order valence-electron chi connectivity index (χ4n) is 1.97. The Bertz CT molecular complexity index is 205. The predicted molar refractivity (Wildman–Crippen MR) is 65.4 cm³/mol. The van der Waals surface area contributed by atoms with E-state index in [1.165, 1.54) is 32.1 Å². The van der Waals surface area contributed by atoms with Crippen LogP contribution in [-0.4, -0.2) is 16.4 Å². The monoisotopic (exact) mass is 230 g/mol. The van der Waals surface area contributed by atoms with Gasteiger partial charge in [0.15, 0.2) is 0 Å². The smallest absolute Gasteiger partial charge is 0.237 e. The molecule has 1 amide bonds. The Balaban J connectivity index is 2.32. The molecule has 15 heavy (non-hydrogen) atoms. The highest BCUT2D eigenvalue weighted by Gasteiger charge is 2.24. The summed E-state index contributed by atoms with van der Waals surface area (Å²) < 4.78 is 0. The van der Waals surface area contributed by atoms with E-state index in [0.717, 1.165) is 5.25 Å². The van der Waals surface area contributed by atoms with Crippen LogP contribution in [0.5, 0.6) is 0 Å². The first kappa shape index (κ1) is 12.8. The largest absolute Gasteiger partial charge is 0.294 e. The summed E-state index contributed by atoms with van der Waals surface area (Å²) in [5, 5.41) is 1.11. The van der Waals surface area contributed by atoms with E-state index in [9.17, 15) is 4.79 Å². The van der Waals surface area contributed by atoms with Gasteiger partial charge < -0.3 is 0 Å². The molecule has 1 aliphatic carbocycles. The molecule has 0 spiro atoms. The second kappa shape index (κ2) is 6.38. The van der Waals surface area contributed by atoms with Gasteiger partial charge in [0.25, 0.3) is 0 Å². The maximum absolute atomic E-state index is 11.3. The third kappa shape index (κ3) is 4.03. The number of hydrogen-bond acceptors (Lipinski definition) is 3. The molecule has 3 N–H and O–H groups in total. The number of carbonyl (C=O) groups is 1. The minimum atomic E-state index is -0.0502. The number of thioether (sulfide) groups is 1. The number of nitrogens with one attached hydrogen (secondary N) is 1. The summed E-state index contributed by atoms with van der Waals surface area (Å²) in [4.78, 5) is 11.3. The fraction of sp³-hybridized carbons (Fsp3) is 0.909. The van der Waals surface area contributed by atoms with E-state index in [1.54, 1.807) is 0 Å². The lowest BCUT2D eigenvalue weighted by atomic mass is 10.0. The first-order chi connectivity index (χ1) is 7.15. The maximum Gasteiger partial charge on any atom is 0.237 e. The van der Waals surface area contributed by atoms with E-state index in [2.05, 4.69) is 12.3 Å². The van der Waals surface area contributed by atoms with Crippen molar-refractivity contribution in [3.8, 4) is 0 Å². The van der Waals surface area contributed by atoms with Crippen LogP contribution < -0.4 is 11.3 Å². The van der Waals surface area contributed by atoms with Gasteiger partial charge in [-0.2, -0.15) is 11.8 Å². The molecule has 0 aromatic rings. The van der Waals surface area contributed by atoms with Crippen molar-refractivity contribution in [3.05, 3.63) is 0 Å². The first-order valence-corrected chi connectivity index (χ1v) is 6.75. The van der Waals surface area contributed by atoms with Crippen molar-refractivity contribution in [1.82, 2.24) is 5.43 Å². The first-order valence-electron chi connectivity index (χ1n) is 5.81. The molecule has 0 saturated heterocycles. The van der Waals surface area contributed by atoms with Gasteiger partial charge in [-0.25, -0.2) is 5.84 Å². The average molecular weight is 230 g/mol. The number of carbonyl (C=O) groups excluding carboxylic acids is 1. The topological polar surface area (TPSA) is 55.1 Å². The Labute approximate surface area is 96.5 Å². The van der Waals surface area contributed by atoms with Gasteiger partial charge in [0.05, 0.1) is 0 Å². The Morgan fingerprint density at radius 1 is 1.33 bits per heavy atom. The van der Waals surface area contributed by atoms with E-state index >= 15 is 0 Å². The number of rotatable bonds is 4. The number of hydrazine groups is 1. The molecule has 0 bridgehead atoms. The molecule has 0 aromatic carbocycles. The zero-order valence-corrected chi connectivity index (χ0v) is 10.5. The second-order valence-electron chi connectivity index (χ2n) is 4.40. The molecule has 0 radical (unpaired) electrons. The molecule has 88 valence electrons. The van der Waals surface area contributed by atoms with Crippen LogP contribution in [0.15, 0.2) is 0 Å². The molecular formula is C11H22N2OS. The van der Waals surface area contributed by atoms with Crippen molar-refractivity contribution in [2.45, 2.75) is 56.5 Å². The Morgan fingerprint density at radius 2 is 1.93 bits per heavy atom. The van der Waals surface area contributed by atoms with Crippen molar-refractivity contribution < 1.29 is 4.79 Å². The molecule has 0 aromatic heterocycles. The van der Waals surface area contributed by atoms with Crippen LogP contribution in [-0.2, 0) is 4.79 Å². The summed E-state index contributed by atoms with van der Waals surface area (Å²) in [7, 11) is 0. The maximum atomic E-state index is 11.3. The van der Waals surface area contributed by atoms with Crippen LogP contribution in [0.2, 0.25) is 0 Å². The lowest BCUT2D eigenvalue weighted by Gasteiger charge is -2.26. The summed E-state index contributed by atoms with van der Waals surface area (Å²) in [5.41, 5.74) is 2.23.